The number of aromatic carboxylic acids is 1. The molecule has 1 unspecified atom stereocenters. The van der Waals surface area contributed by atoms with Crippen LogP contribution in [-0.2, 0) is 0 Å². The van der Waals surface area contributed by atoms with E-state index in [1.807, 2.05) is 11.8 Å². The summed E-state index contributed by atoms with van der Waals surface area (Å²) in [5.41, 5.74) is -0.245. The Labute approximate surface area is 154 Å². The minimum Gasteiger partial charge on any atom is -0.487 e. The smallest absolute Gasteiger partial charge is 0.341 e. The highest BCUT2D eigenvalue weighted by atomic mass is 35.5. The molecule has 1 atom stereocenters. The highest BCUT2D eigenvalue weighted by Gasteiger charge is 2.30. The minimum atomic E-state index is -1.32. The number of hydrogen-bond donors (Lipinski definition) is 2. The average molecular weight is 384 g/mol. The number of pyridine rings is 1. The molecule has 4 rings (SSSR count). The summed E-state index contributed by atoms with van der Waals surface area (Å²) in [5, 5.41) is 12.5. The summed E-state index contributed by atoms with van der Waals surface area (Å²) >= 11 is 0. The Morgan fingerprint density at radius 2 is 2.08 bits per heavy atom. The van der Waals surface area contributed by atoms with E-state index in [4.69, 9.17) is 4.74 Å². The molecule has 2 N–H and O–H groups in total. The van der Waals surface area contributed by atoms with E-state index in [-0.39, 0.29) is 36.0 Å². The molecular formula is C17H19ClFN3O4. The van der Waals surface area contributed by atoms with Crippen LogP contribution in [0.2, 0.25) is 0 Å². The van der Waals surface area contributed by atoms with Crippen LogP contribution in [0.3, 0.4) is 0 Å². The van der Waals surface area contributed by atoms with Crippen molar-refractivity contribution in [1.29, 1.82) is 0 Å². The van der Waals surface area contributed by atoms with Crippen molar-refractivity contribution in [2.24, 2.45) is 0 Å². The van der Waals surface area contributed by atoms with Crippen molar-refractivity contribution < 1.29 is 19.0 Å². The fourth-order valence-corrected chi connectivity index (χ4v) is 3.55. The zero-order valence-electron chi connectivity index (χ0n) is 14.1. The number of rotatable bonds is 2. The molecule has 0 amide bonds. The lowest BCUT2D eigenvalue weighted by Crippen LogP contribution is -2.44. The minimum absolute atomic E-state index is 0. The van der Waals surface area contributed by atoms with Gasteiger partial charge in [-0.05, 0) is 13.0 Å². The lowest BCUT2D eigenvalue weighted by Gasteiger charge is -2.34. The molecular weight excluding hydrogens is 365 g/mol. The quantitative estimate of drug-likeness (QED) is 0.820. The van der Waals surface area contributed by atoms with Gasteiger partial charge in [-0.3, -0.25) is 4.79 Å². The number of piperazine rings is 1. The third kappa shape index (κ3) is 2.69. The van der Waals surface area contributed by atoms with Gasteiger partial charge in [-0.25, -0.2) is 9.18 Å². The van der Waals surface area contributed by atoms with Gasteiger partial charge in [0, 0.05) is 32.4 Å². The maximum Gasteiger partial charge on any atom is 0.341 e. The largest absolute Gasteiger partial charge is 0.487 e. The molecule has 0 spiro atoms. The molecule has 26 heavy (non-hydrogen) atoms. The molecule has 2 aliphatic rings. The number of carbonyl (C=O) groups is 1. The van der Waals surface area contributed by atoms with Crippen LogP contribution in [0, 0.1) is 5.82 Å². The molecule has 140 valence electrons. The first-order valence-corrected chi connectivity index (χ1v) is 8.22. The third-order valence-electron chi connectivity index (χ3n) is 4.81. The van der Waals surface area contributed by atoms with Gasteiger partial charge in [0.05, 0.1) is 16.9 Å². The standard InChI is InChI=1S/C17H18FN3O4.ClH/c1-9-8-25-16-13-10(15(22)11(17(23)24)7-21(9)13)6-12(18)14(16)20-4-2-19-3-5-20;/h6-7,9,19H,2-5,8H2,1H3,(H,23,24);1H. The SMILES string of the molecule is CC1COc2c(N3CCNCC3)c(F)cc3c(=O)c(C(=O)O)cn1c23.Cl. The fourth-order valence-electron chi connectivity index (χ4n) is 3.55. The van der Waals surface area contributed by atoms with Gasteiger partial charge >= 0.3 is 5.97 Å². The van der Waals surface area contributed by atoms with E-state index < -0.39 is 17.2 Å². The molecule has 1 aromatic carbocycles. The van der Waals surface area contributed by atoms with Crippen LogP contribution in [0.15, 0.2) is 17.1 Å². The summed E-state index contributed by atoms with van der Waals surface area (Å²) < 4.78 is 22.4. The number of ether oxygens (including phenoxy) is 1. The molecule has 3 heterocycles. The number of hydrogen-bond acceptors (Lipinski definition) is 5. The van der Waals surface area contributed by atoms with E-state index in [9.17, 15) is 19.1 Å². The van der Waals surface area contributed by atoms with Crippen LogP contribution >= 0.6 is 12.4 Å². The molecule has 7 nitrogen and oxygen atoms in total. The van der Waals surface area contributed by atoms with Gasteiger partial charge in [-0.2, -0.15) is 0 Å². The zero-order chi connectivity index (χ0) is 17.7. The molecule has 0 saturated carbocycles. The number of benzene rings is 1. The number of anilines is 1. The van der Waals surface area contributed by atoms with E-state index >= 15 is 0 Å². The second-order valence-electron chi connectivity index (χ2n) is 6.41. The molecule has 0 aliphatic carbocycles. The molecule has 0 radical (unpaired) electrons. The average Bonchev–Trinajstić information content (AvgIpc) is 2.60. The van der Waals surface area contributed by atoms with Crippen molar-refractivity contribution in [2.75, 3.05) is 37.7 Å². The lowest BCUT2D eigenvalue weighted by molar-refractivity contribution is 0.0694. The maximum absolute atomic E-state index is 14.9. The van der Waals surface area contributed by atoms with Crippen molar-refractivity contribution in [3.05, 3.63) is 33.9 Å². The fraction of sp³-hybridized carbons (Fsp3) is 0.412. The van der Waals surface area contributed by atoms with Gasteiger partial charge in [-0.1, -0.05) is 0 Å². The molecule has 2 aliphatic heterocycles. The van der Waals surface area contributed by atoms with Gasteiger partial charge in [0.25, 0.3) is 0 Å². The predicted octanol–water partition coefficient (Wildman–Crippen LogP) is 1.62. The van der Waals surface area contributed by atoms with Crippen molar-refractivity contribution in [1.82, 2.24) is 9.88 Å². The van der Waals surface area contributed by atoms with Crippen molar-refractivity contribution >= 4 is 35.0 Å². The topological polar surface area (TPSA) is 83.8 Å². The van der Waals surface area contributed by atoms with Crippen molar-refractivity contribution in [3.8, 4) is 5.75 Å². The second kappa shape index (κ2) is 6.77. The second-order valence-corrected chi connectivity index (χ2v) is 6.41. The van der Waals surface area contributed by atoms with E-state index in [0.717, 1.165) is 19.2 Å². The molecule has 1 saturated heterocycles. The van der Waals surface area contributed by atoms with E-state index in [1.54, 1.807) is 4.57 Å². The lowest BCUT2D eigenvalue weighted by atomic mass is 10.1. The number of nitrogens with one attached hydrogen (secondary N) is 1. The Morgan fingerprint density at radius 1 is 1.38 bits per heavy atom. The Hall–Kier alpha value is -2.32. The Balaban J connectivity index is 0.00000196. The van der Waals surface area contributed by atoms with Gasteiger partial charge in [0.15, 0.2) is 11.6 Å². The van der Waals surface area contributed by atoms with Crippen molar-refractivity contribution in [3.63, 3.8) is 0 Å². The molecule has 1 fully saturated rings. The van der Waals surface area contributed by atoms with Gasteiger partial charge in [0.1, 0.15) is 17.9 Å². The van der Waals surface area contributed by atoms with Crippen LogP contribution in [0.1, 0.15) is 23.3 Å². The molecule has 0 bridgehead atoms. The number of halogens is 2. The monoisotopic (exact) mass is 383 g/mol. The Morgan fingerprint density at radius 3 is 2.73 bits per heavy atom. The molecule has 2 aromatic rings. The summed E-state index contributed by atoms with van der Waals surface area (Å²) in [6.07, 6.45) is 1.34. The maximum atomic E-state index is 14.9. The summed E-state index contributed by atoms with van der Waals surface area (Å²) in [6, 6.07) is 0.984. The number of nitrogens with zero attached hydrogens (tertiary/aromatic N) is 2. The normalized spacial score (nSPS) is 19.0. The van der Waals surface area contributed by atoms with Gasteiger partial charge in [0.2, 0.25) is 5.43 Å². The van der Waals surface area contributed by atoms with Crippen LogP contribution in [-0.4, -0.2) is 48.4 Å². The first-order chi connectivity index (χ1) is 12.0. The van der Waals surface area contributed by atoms with Crippen LogP contribution < -0.4 is 20.4 Å². The molecule has 1 aromatic heterocycles. The summed E-state index contributed by atoms with van der Waals surface area (Å²) in [5.74, 6) is -1.56. The highest BCUT2D eigenvalue weighted by Crippen LogP contribution is 2.41. The van der Waals surface area contributed by atoms with Gasteiger partial charge in [-0.15, -0.1) is 12.4 Å². The summed E-state index contributed by atoms with van der Waals surface area (Å²) in [4.78, 5) is 25.8. The van der Waals surface area contributed by atoms with Crippen molar-refractivity contribution in [2.45, 2.75) is 13.0 Å². The summed E-state index contributed by atoms with van der Waals surface area (Å²) in [6.45, 7) is 4.88. The van der Waals surface area contributed by atoms with E-state index in [1.165, 1.54) is 6.20 Å². The third-order valence-corrected chi connectivity index (χ3v) is 4.81. The van der Waals surface area contributed by atoms with Crippen LogP contribution in [0.4, 0.5) is 10.1 Å². The van der Waals surface area contributed by atoms with Crippen LogP contribution in [0.5, 0.6) is 5.75 Å². The Bertz CT molecular complexity index is 940. The highest BCUT2D eigenvalue weighted by molar-refractivity contribution is 5.97. The number of carboxylic acid groups (broad SMARTS) is 1. The zero-order valence-corrected chi connectivity index (χ0v) is 14.9. The van der Waals surface area contributed by atoms with E-state index in [2.05, 4.69) is 5.32 Å². The predicted molar refractivity (Wildman–Crippen MR) is 97.7 cm³/mol. The first-order valence-electron chi connectivity index (χ1n) is 8.22. The first kappa shape index (κ1) is 18.5. The summed E-state index contributed by atoms with van der Waals surface area (Å²) in [7, 11) is 0. The Kier molecular flexibility index (Phi) is 4.81. The van der Waals surface area contributed by atoms with E-state index in [0.29, 0.717) is 30.0 Å². The van der Waals surface area contributed by atoms with Crippen LogP contribution in [0.25, 0.3) is 10.9 Å². The number of aromatic nitrogens is 1. The van der Waals surface area contributed by atoms with Gasteiger partial charge < -0.3 is 24.6 Å². The number of carboxylic acids is 1. The molecule has 9 heteroatoms.